The molecule has 1 saturated heterocycles. The number of benzene rings is 1. The van der Waals surface area contributed by atoms with Crippen LogP contribution in [0, 0.1) is 0 Å². The van der Waals surface area contributed by atoms with E-state index in [1.165, 1.54) is 10.6 Å². The molecule has 0 bridgehead atoms. The first-order valence-electron chi connectivity index (χ1n) is 6.93. The second kappa shape index (κ2) is 6.44. The van der Waals surface area contributed by atoms with Crippen molar-refractivity contribution in [1.29, 1.82) is 0 Å². The largest absolute Gasteiger partial charge is 0.399 e. The van der Waals surface area contributed by atoms with Gasteiger partial charge in [-0.05, 0) is 24.1 Å². The van der Waals surface area contributed by atoms with Gasteiger partial charge in [-0.2, -0.15) is 4.31 Å². The predicted octanol–water partition coefficient (Wildman–Crippen LogP) is 0.305. The highest BCUT2D eigenvalue weighted by atomic mass is 32.2. The zero-order valence-electron chi connectivity index (χ0n) is 12.2. The van der Waals surface area contributed by atoms with Gasteiger partial charge in [0, 0.05) is 38.3 Å². The summed E-state index contributed by atoms with van der Waals surface area (Å²) in [6.07, 6.45) is 2.27. The van der Waals surface area contributed by atoms with Crippen LogP contribution in [0.25, 0.3) is 0 Å². The van der Waals surface area contributed by atoms with Crippen molar-refractivity contribution in [1.82, 2.24) is 9.21 Å². The first-order chi connectivity index (χ1) is 9.86. The Morgan fingerprint density at radius 3 is 2.48 bits per heavy atom. The minimum Gasteiger partial charge on any atom is -0.399 e. The SMILES string of the molecule is CS(=O)(=O)N1CCN(C(=O)CCc2cccc(N)c2)CC1. The van der Waals surface area contributed by atoms with E-state index in [0.717, 1.165) is 5.56 Å². The molecule has 0 aliphatic carbocycles. The van der Waals surface area contributed by atoms with Gasteiger partial charge >= 0.3 is 0 Å². The van der Waals surface area contributed by atoms with Gasteiger partial charge in [-0.25, -0.2) is 8.42 Å². The van der Waals surface area contributed by atoms with Gasteiger partial charge in [-0.3, -0.25) is 4.79 Å². The van der Waals surface area contributed by atoms with Crippen molar-refractivity contribution >= 4 is 21.6 Å². The normalized spacial score (nSPS) is 16.9. The summed E-state index contributed by atoms with van der Waals surface area (Å²) in [4.78, 5) is 13.9. The molecule has 2 rings (SSSR count). The molecule has 0 aromatic heterocycles. The molecule has 0 atom stereocenters. The topological polar surface area (TPSA) is 83.7 Å². The highest BCUT2D eigenvalue weighted by molar-refractivity contribution is 7.88. The molecule has 1 aromatic carbocycles. The Labute approximate surface area is 125 Å². The average Bonchev–Trinajstić information content (AvgIpc) is 2.44. The van der Waals surface area contributed by atoms with E-state index >= 15 is 0 Å². The molecule has 1 heterocycles. The van der Waals surface area contributed by atoms with Gasteiger partial charge in [0.05, 0.1) is 6.26 Å². The Morgan fingerprint density at radius 2 is 1.90 bits per heavy atom. The number of rotatable bonds is 4. The number of carbonyl (C=O) groups is 1. The molecular weight excluding hydrogens is 290 g/mol. The Morgan fingerprint density at radius 1 is 1.24 bits per heavy atom. The lowest BCUT2D eigenvalue weighted by molar-refractivity contribution is -0.132. The van der Waals surface area contributed by atoms with Crippen molar-refractivity contribution in [3.8, 4) is 0 Å². The van der Waals surface area contributed by atoms with E-state index < -0.39 is 10.0 Å². The highest BCUT2D eigenvalue weighted by Gasteiger charge is 2.25. The van der Waals surface area contributed by atoms with Crippen molar-refractivity contribution in [3.63, 3.8) is 0 Å². The van der Waals surface area contributed by atoms with Gasteiger partial charge in [0.1, 0.15) is 0 Å². The van der Waals surface area contributed by atoms with Crippen molar-refractivity contribution in [2.24, 2.45) is 0 Å². The van der Waals surface area contributed by atoms with Crippen molar-refractivity contribution < 1.29 is 13.2 Å². The van der Waals surface area contributed by atoms with Crippen LogP contribution >= 0.6 is 0 Å². The quantitative estimate of drug-likeness (QED) is 0.811. The van der Waals surface area contributed by atoms with Crippen molar-refractivity contribution in [2.75, 3.05) is 38.2 Å². The standard InChI is InChI=1S/C14H21N3O3S/c1-21(19,20)17-9-7-16(8-10-17)14(18)6-5-12-3-2-4-13(15)11-12/h2-4,11H,5-10,15H2,1H3. The molecule has 0 radical (unpaired) electrons. The third kappa shape index (κ3) is 4.44. The number of anilines is 1. The zero-order valence-corrected chi connectivity index (χ0v) is 13.0. The maximum absolute atomic E-state index is 12.1. The number of nitrogens with zero attached hydrogens (tertiary/aromatic N) is 2. The fourth-order valence-corrected chi connectivity index (χ4v) is 3.25. The molecular formula is C14H21N3O3S. The molecule has 6 nitrogen and oxygen atoms in total. The van der Waals surface area contributed by atoms with E-state index in [1.54, 1.807) is 4.90 Å². The number of hydrogen-bond donors (Lipinski definition) is 1. The van der Waals surface area contributed by atoms with Gasteiger partial charge in [0.2, 0.25) is 15.9 Å². The van der Waals surface area contributed by atoms with Crippen LogP contribution in [0.3, 0.4) is 0 Å². The number of sulfonamides is 1. The Bertz CT molecular complexity index is 608. The molecule has 2 N–H and O–H groups in total. The molecule has 0 saturated carbocycles. The lowest BCUT2D eigenvalue weighted by Gasteiger charge is -2.33. The van der Waals surface area contributed by atoms with Gasteiger partial charge in [-0.15, -0.1) is 0 Å². The average molecular weight is 311 g/mol. The molecule has 1 aromatic rings. The van der Waals surface area contributed by atoms with Gasteiger partial charge in [0.25, 0.3) is 0 Å². The summed E-state index contributed by atoms with van der Waals surface area (Å²) in [5.41, 5.74) is 7.44. The second-order valence-electron chi connectivity index (χ2n) is 5.29. The number of aryl methyl sites for hydroxylation is 1. The smallest absolute Gasteiger partial charge is 0.222 e. The number of nitrogens with two attached hydrogens (primary N) is 1. The van der Waals surface area contributed by atoms with Crippen molar-refractivity contribution in [2.45, 2.75) is 12.8 Å². The van der Waals surface area contributed by atoms with Gasteiger partial charge in [0.15, 0.2) is 0 Å². The second-order valence-corrected chi connectivity index (χ2v) is 7.27. The van der Waals surface area contributed by atoms with E-state index in [9.17, 15) is 13.2 Å². The number of carbonyl (C=O) groups excluding carboxylic acids is 1. The lowest BCUT2D eigenvalue weighted by atomic mass is 10.1. The first kappa shape index (κ1) is 15.8. The third-order valence-electron chi connectivity index (χ3n) is 3.64. The maximum atomic E-state index is 12.1. The van der Waals surface area contributed by atoms with Crippen molar-refractivity contribution in [3.05, 3.63) is 29.8 Å². The van der Waals surface area contributed by atoms with Crippen LogP contribution in [0.2, 0.25) is 0 Å². The number of piperazine rings is 1. The fourth-order valence-electron chi connectivity index (χ4n) is 2.43. The van der Waals surface area contributed by atoms with Gasteiger partial charge < -0.3 is 10.6 Å². The predicted molar refractivity (Wildman–Crippen MR) is 82.2 cm³/mol. The van der Waals surface area contributed by atoms with Crippen LogP contribution in [0.15, 0.2) is 24.3 Å². The third-order valence-corrected chi connectivity index (χ3v) is 4.94. The summed E-state index contributed by atoms with van der Waals surface area (Å²) >= 11 is 0. The van der Waals surface area contributed by atoms with Crippen LogP contribution in [-0.4, -0.2) is 56.0 Å². The number of nitrogen functional groups attached to an aromatic ring is 1. The first-order valence-corrected chi connectivity index (χ1v) is 8.78. The number of hydrogen-bond acceptors (Lipinski definition) is 4. The molecule has 1 fully saturated rings. The summed E-state index contributed by atoms with van der Waals surface area (Å²) in [7, 11) is -3.15. The summed E-state index contributed by atoms with van der Waals surface area (Å²) in [5, 5.41) is 0. The van der Waals surface area contributed by atoms with E-state index in [1.807, 2.05) is 24.3 Å². The molecule has 1 aliphatic rings. The zero-order chi connectivity index (χ0) is 15.5. The molecule has 0 spiro atoms. The molecule has 0 unspecified atom stereocenters. The summed E-state index contributed by atoms with van der Waals surface area (Å²) < 4.78 is 24.2. The van der Waals surface area contributed by atoms with E-state index in [0.29, 0.717) is 44.7 Å². The monoisotopic (exact) mass is 311 g/mol. The molecule has 116 valence electrons. The summed E-state index contributed by atoms with van der Waals surface area (Å²) in [6.45, 7) is 1.68. The van der Waals surface area contributed by atoms with Crippen LogP contribution < -0.4 is 5.73 Å². The summed E-state index contributed by atoms with van der Waals surface area (Å²) in [5.74, 6) is 0.0607. The summed E-state index contributed by atoms with van der Waals surface area (Å²) in [6, 6.07) is 7.51. The molecule has 1 aliphatic heterocycles. The van der Waals surface area contributed by atoms with E-state index in [4.69, 9.17) is 5.73 Å². The maximum Gasteiger partial charge on any atom is 0.222 e. The minimum absolute atomic E-state index is 0.0607. The Hall–Kier alpha value is -1.60. The number of amides is 1. The highest BCUT2D eigenvalue weighted by Crippen LogP contribution is 2.11. The van der Waals surface area contributed by atoms with E-state index in [-0.39, 0.29) is 5.91 Å². The Balaban J connectivity index is 1.83. The minimum atomic E-state index is -3.15. The van der Waals surface area contributed by atoms with Crippen LogP contribution in [0.1, 0.15) is 12.0 Å². The fraction of sp³-hybridized carbons (Fsp3) is 0.500. The lowest BCUT2D eigenvalue weighted by Crippen LogP contribution is -2.50. The van der Waals surface area contributed by atoms with Gasteiger partial charge in [-0.1, -0.05) is 12.1 Å². The van der Waals surface area contributed by atoms with E-state index in [2.05, 4.69) is 0 Å². The molecule has 21 heavy (non-hydrogen) atoms. The Kier molecular flexibility index (Phi) is 4.84. The molecule has 7 heteroatoms. The van der Waals surface area contributed by atoms with Crippen LogP contribution in [0.5, 0.6) is 0 Å². The van der Waals surface area contributed by atoms with Crippen LogP contribution in [-0.2, 0) is 21.2 Å². The molecule has 1 amide bonds. The van der Waals surface area contributed by atoms with Crippen LogP contribution in [0.4, 0.5) is 5.69 Å².